The minimum atomic E-state index is 0.691. The van der Waals surface area contributed by atoms with E-state index in [0.29, 0.717) is 12.4 Å². The van der Waals surface area contributed by atoms with E-state index in [1.807, 2.05) is 22.8 Å². The quantitative estimate of drug-likeness (QED) is 0.868. The van der Waals surface area contributed by atoms with Crippen molar-refractivity contribution in [2.75, 3.05) is 12.3 Å². The van der Waals surface area contributed by atoms with E-state index in [4.69, 9.17) is 15.5 Å². The second-order valence-corrected chi connectivity index (χ2v) is 4.94. The number of benzene rings is 1. The van der Waals surface area contributed by atoms with Crippen LogP contribution in [0.1, 0.15) is 18.3 Å². The molecule has 0 radical (unpaired) electrons. The van der Waals surface area contributed by atoms with Gasteiger partial charge < -0.3 is 15.0 Å². The molecule has 0 bridgehead atoms. The summed E-state index contributed by atoms with van der Waals surface area (Å²) in [6.45, 7) is 7.32. The van der Waals surface area contributed by atoms with Crippen molar-refractivity contribution in [3.8, 4) is 17.0 Å². The SMILES string of the molecule is C=CCn1c(CC)nc(-c2ccc3c(c2)CCO3)c1N. The topological polar surface area (TPSA) is 53.1 Å². The Kier molecular flexibility index (Phi) is 3.22. The van der Waals surface area contributed by atoms with Crippen LogP contribution in [-0.2, 0) is 19.4 Å². The molecule has 2 aromatic rings. The van der Waals surface area contributed by atoms with Crippen LogP contribution in [-0.4, -0.2) is 16.2 Å². The number of hydrogen-bond acceptors (Lipinski definition) is 3. The molecule has 0 spiro atoms. The average molecular weight is 269 g/mol. The number of imidazole rings is 1. The lowest BCUT2D eigenvalue weighted by Gasteiger charge is -2.06. The van der Waals surface area contributed by atoms with Crippen LogP contribution in [0.2, 0.25) is 0 Å². The molecule has 0 amide bonds. The normalized spacial score (nSPS) is 13.1. The van der Waals surface area contributed by atoms with Crippen LogP contribution >= 0.6 is 0 Å². The summed E-state index contributed by atoms with van der Waals surface area (Å²) in [5.74, 6) is 2.68. The maximum Gasteiger partial charge on any atom is 0.132 e. The summed E-state index contributed by atoms with van der Waals surface area (Å²) in [5, 5.41) is 0. The number of aryl methyl sites for hydroxylation is 1. The summed E-state index contributed by atoms with van der Waals surface area (Å²) in [7, 11) is 0. The Morgan fingerprint density at radius 2 is 2.35 bits per heavy atom. The fourth-order valence-corrected chi connectivity index (χ4v) is 2.66. The lowest BCUT2D eigenvalue weighted by Crippen LogP contribution is -2.05. The molecule has 0 atom stereocenters. The van der Waals surface area contributed by atoms with Gasteiger partial charge in [-0.05, 0) is 23.8 Å². The highest BCUT2D eigenvalue weighted by molar-refractivity contribution is 5.72. The van der Waals surface area contributed by atoms with E-state index in [-0.39, 0.29) is 0 Å². The number of nitrogen functional groups attached to an aromatic ring is 1. The molecule has 104 valence electrons. The standard InChI is InChI=1S/C16H19N3O/c1-3-8-19-14(4-2)18-15(16(19)17)12-5-6-13-11(10-12)7-9-20-13/h3,5-6,10H,1,4,7-9,17H2,2H3. The maximum atomic E-state index is 6.26. The number of nitrogens with two attached hydrogens (primary N) is 1. The predicted octanol–water partition coefficient (Wildman–Crippen LogP) is 2.82. The molecule has 1 aromatic heterocycles. The van der Waals surface area contributed by atoms with Gasteiger partial charge in [0.2, 0.25) is 0 Å². The Morgan fingerprint density at radius 1 is 1.50 bits per heavy atom. The molecule has 4 nitrogen and oxygen atoms in total. The first-order chi connectivity index (χ1) is 9.74. The van der Waals surface area contributed by atoms with Crippen molar-refractivity contribution >= 4 is 5.82 Å². The van der Waals surface area contributed by atoms with E-state index in [9.17, 15) is 0 Å². The average Bonchev–Trinajstić information content (AvgIpc) is 3.04. The van der Waals surface area contributed by atoms with Crippen molar-refractivity contribution in [2.24, 2.45) is 0 Å². The molecule has 2 heterocycles. The highest BCUT2D eigenvalue weighted by Crippen LogP contribution is 2.33. The number of ether oxygens (including phenoxy) is 1. The fourth-order valence-electron chi connectivity index (χ4n) is 2.66. The summed E-state index contributed by atoms with van der Waals surface area (Å²) in [6.07, 6.45) is 3.65. The number of allylic oxidation sites excluding steroid dienone is 1. The molecule has 0 unspecified atom stereocenters. The summed E-state index contributed by atoms with van der Waals surface area (Å²) in [4.78, 5) is 4.69. The summed E-state index contributed by atoms with van der Waals surface area (Å²) < 4.78 is 7.56. The third kappa shape index (κ3) is 1.97. The molecule has 1 aromatic carbocycles. The molecule has 1 aliphatic heterocycles. The van der Waals surface area contributed by atoms with Gasteiger partial charge in [-0.3, -0.25) is 0 Å². The molecule has 2 N–H and O–H groups in total. The van der Waals surface area contributed by atoms with Gasteiger partial charge in [-0.1, -0.05) is 13.0 Å². The van der Waals surface area contributed by atoms with Crippen LogP contribution in [0.5, 0.6) is 5.75 Å². The number of anilines is 1. The summed E-state index contributed by atoms with van der Waals surface area (Å²) in [6, 6.07) is 6.18. The van der Waals surface area contributed by atoms with Gasteiger partial charge in [-0.2, -0.15) is 0 Å². The Labute approximate surface area is 118 Å². The molecular weight excluding hydrogens is 250 g/mol. The second kappa shape index (κ2) is 5.04. The van der Waals surface area contributed by atoms with Crippen LogP contribution in [0.4, 0.5) is 5.82 Å². The number of fused-ring (bicyclic) bond motifs is 1. The van der Waals surface area contributed by atoms with Crippen LogP contribution in [0.25, 0.3) is 11.3 Å². The number of nitrogens with zero attached hydrogens (tertiary/aromatic N) is 2. The fraction of sp³-hybridized carbons (Fsp3) is 0.312. The van der Waals surface area contributed by atoms with Crippen molar-refractivity contribution in [1.29, 1.82) is 0 Å². The van der Waals surface area contributed by atoms with Crippen LogP contribution < -0.4 is 10.5 Å². The third-order valence-electron chi connectivity index (χ3n) is 3.68. The van der Waals surface area contributed by atoms with Crippen LogP contribution in [0.3, 0.4) is 0 Å². The van der Waals surface area contributed by atoms with Crippen LogP contribution in [0, 0.1) is 0 Å². The predicted molar refractivity (Wildman–Crippen MR) is 80.8 cm³/mol. The lowest BCUT2D eigenvalue weighted by molar-refractivity contribution is 0.357. The second-order valence-electron chi connectivity index (χ2n) is 4.94. The van der Waals surface area contributed by atoms with Gasteiger partial charge in [0.05, 0.1) is 6.61 Å². The van der Waals surface area contributed by atoms with Crippen LogP contribution in [0.15, 0.2) is 30.9 Å². The molecule has 0 aliphatic carbocycles. The van der Waals surface area contributed by atoms with E-state index >= 15 is 0 Å². The zero-order valence-corrected chi connectivity index (χ0v) is 11.7. The first-order valence-corrected chi connectivity index (χ1v) is 6.96. The zero-order valence-electron chi connectivity index (χ0n) is 11.7. The molecule has 1 aliphatic rings. The number of hydrogen-bond donors (Lipinski definition) is 1. The number of rotatable bonds is 4. The third-order valence-corrected chi connectivity index (χ3v) is 3.68. The smallest absolute Gasteiger partial charge is 0.132 e. The van der Waals surface area contributed by atoms with Crippen molar-refractivity contribution in [2.45, 2.75) is 26.3 Å². The maximum absolute atomic E-state index is 6.26. The molecule has 0 fully saturated rings. The first-order valence-electron chi connectivity index (χ1n) is 6.96. The lowest BCUT2D eigenvalue weighted by atomic mass is 10.1. The minimum absolute atomic E-state index is 0.691. The van der Waals surface area contributed by atoms with E-state index in [2.05, 4.69) is 19.6 Å². The largest absolute Gasteiger partial charge is 0.493 e. The van der Waals surface area contributed by atoms with Crippen molar-refractivity contribution in [3.63, 3.8) is 0 Å². The molecule has 3 rings (SSSR count). The molecule has 0 saturated carbocycles. The van der Waals surface area contributed by atoms with Crippen molar-refractivity contribution in [1.82, 2.24) is 9.55 Å². The van der Waals surface area contributed by atoms with Gasteiger partial charge in [-0.25, -0.2) is 4.98 Å². The summed E-state index contributed by atoms with van der Waals surface area (Å²) in [5.41, 5.74) is 9.42. The molecule has 0 saturated heterocycles. The van der Waals surface area contributed by atoms with Gasteiger partial charge >= 0.3 is 0 Å². The van der Waals surface area contributed by atoms with E-state index in [1.165, 1.54) is 5.56 Å². The zero-order chi connectivity index (χ0) is 14.1. The van der Waals surface area contributed by atoms with Gasteiger partial charge in [0, 0.05) is 24.9 Å². The van der Waals surface area contributed by atoms with Gasteiger partial charge in [-0.15, -0.1) is 6.58 Å². The monoisotopic (exact) mass is 269 g/mol. The highest BCUT2D eigenvalue weighted by Gasteiger charge is 2.17. The van der Waals surface area contributed by atoms with E-state index in [0.717, 1.165) is 42.3 Å². The van der Waals surface area contributed by atoms with Gasteiger partial charge in [0.15, 0.2) is 0 Å². The summed E-state index contributed by atoms with van der Waals surface area (Å²) >= 11 is 0. The Hall–Kier alpha value is -2.23. The Morgan fingerprint density at radius 3 is 3.10 bits per heavy atom. The Balaban J connectivity index is 2.08. The highest BCUT2D eigenvalue weighted by atomic mass is 16.5. The molecule has 20 heavy (non-hydrogen) atoms. The Bertz CT molecular complexity index is 658. The molecular formula is C16H19N3O. The first kappa shape index (κ1) is 12.8. The van der Waals surface area contributed by atoms with Crippen molar-refractivity contribution in [3.05, 3.63) is 42.2 Å². The van der Waals surface area contributed by atoms with E-state index < -0.39 is 0 Å². The van der Waals surface area contributed by atoms with Gasteiger partial charge in [0.1, 0.15) is 23.1 Å². The van der Waals surface area contributed by atoms with E-state index in [1.54, 1.807) is 0 Å². The molecule has 4 heteroatoms. The number of aromatic nitrogens is 2. The minimum Gasteiger partial charge on any atom is -0.493 e. The van der Waals surface area contributed by atoms with Gasteiger partial charge in [0.25, 0.3) is 0 Å². The van der Waals surface area contributed by atoms with Crippen molar-refractivity contribution < 1.29 is 4.74 Å².